The van der Waals surface area contributed by atoms with Gasteiger partial charge in [0.05, 0.1) is 0 Å². The zero-order valence-corrected chi connectivity index (χ0v) is 11.1. The van der Waals surface area contributed by atoms with E-state index in [2.05, 4.69) is 32.0 Å². The van der Waals surface area contributed by atoms with Crippen LogP contribution in [-0.4, -0.2) is 18.5 Å². The molecule has 0 unspecified atom stereocenters. The average Bonchev–Trinajstić information content (AvgIpc) is 2.25. The minimum Gasteiger partial charge on any atom is -0.375 e. The molecule has 0 fully saturated rings. The standard InChI is InChI=1S/C12H21N.C2H6/c1-6-7-10-13(5)12(4)9-8-11(2)3;1-2/h8-9H,2,4,6-7,10H2,1,3,5H3;1-2H3/b9-8-;. The van der Waals surface area contributed by atoms with Crippen LogP contribution in [0.5, 0.6) is 0 Å². The number of rotatable bonds is 6. The number of unbranched alkanes of at least 4 members (excludes halogenated alkanes) is 1. The Morgan fingerprint density at radius 3 is 2.13 bits per heavy atom. The van der Waals surface area contributed by atoms with Gasteiger partial charge in [-0.15, -0.1) is 0 Å². The summed E-state index contributed by atoms with van der Waals surface area (Å²) in [6, 6.07) is 0. The molecule has 0 radical (unpaired) electrons. The van der Waals surface area contributed by atoms with Crippen LogP contribution in [0.1, 0.15) is 40.5 Å². The predicted molar refractivity (Wildman–Crippen MR) is 72.0 cm³/mol. The predicted octanol–water partition coefficient (Wildman–Crippen LogP) is 4.39. The smallest absolute Gasteiger partial charge is 0.0290 e. The zero-order valence-electron chi connectivity index (χ0n) is 11.1. The Kier molecular flexibility index (Phi) is 12.2. The SMILES string of the molecule is C=C(C)/C=C\C(=C)N(C)CCCC.CC. The van der Waals surface area contributed by atoms with Gasteiger partial charge in [-0.3, -0.25) is 0 Å². The van der Waals surface area contributed by atoms with Crippen LogP contribution in [0.4, 0.5) is 0 Å². The van der Waals surface area contributed by atoms with Gasteiger partial charge in [0.25, 0.3) is 0 Å². The van der Waals surface area contributed by atoms with Crippen LogP contribution in [0.25, 0.3) is 0 Å². The summed E-state index contributed by atoms with van der Waals surface area (Å²) in [7, 11) is 2.07. The molecule has 0 aromatic rings. The van der Waals surface area contributed by atoms with Crippen molar-refractivity contribution in [1.29, 1.82) is 0 Å². The molecule has 0 saturated carbocycles. The Balaban J connectivity index is 0. The van der Waals surface area contributed by atoms with E-state index < -0.39 is 0 Å². The van der Waals surface area contributed by atoms with E-state index in [-0.39, 0.29) is 0 Å². The first-order chi connectivity index (χ1) is 7.07. The number of nitrogens with zero attached hydrogens (tertiary/aromatic N) is 1. The molecule has 88 valence electrons. The van der Waals surface area contributed by atoms with E-state index in [9.17, 15) is 0 Å². The Bertz CT molecular complexity index is 201. The molecule has 1 nitrogen and oxygen atoms in total. The van der Waals surface area contributed by atoms with Crippen molar-refractivity contribution in [3.05, 3.63) is 36.6 Å². The van der Waals surface area contributed by atoms with E-state index >= 15 is 0 Å². The third-order valence-corrected chi connectivity index (χ3v) is 1.90. The van der Waals surface area contributed by atoms with E-state index in [0.29, 0.717) is 0 Å². The summed E-state index contributed by atoms with van der Waals surface area (Å²) in [5, 5.41) is 0. The summed E-state index contributed by atoms with van der Waals surface area (Å²) in [6.45, 7) is 17.0. The maximum absolute atomic E-state index is 3.98. The summed E-state index contributed by atoms with van der Waals surface area (Å²) in [5.41, 5.74) is 2.11. The van der Waals surface area contributed by atoms with Gasteiger partial charge < -0.3 is 4.90 Å². The van der Waals surface area contributed by atoms with Crippen LogP contribution in [0.15, 0.2) is 36.6 Å². The first-order valence-corrected chi connectivity index (χ1v) is 5.81. The van der Waals surface area contributed by atoms with Crippen molar-refractivity contribution in [2.45, 2.75) is 40.5 Å². The molecule has 0 aliphatic carbocycles. The maximum Gasteiger partial charge on any atom is 0.0290 e. The van der Waals surface area contributed by atoms with Crippen LogP contribution >= 0.6 is 0 Å². The number of likely N-dealkylation sites (N-methyl/N-ethyl adjacent to an activating group) is 1. The Labute approximate surface area is 96.2 Å². The highest BCUT2D eigenvalue weighted by Gasteiger charge is 1.96. The molecule has 0 aliphatic rings. The molecule has 0 aromatic heterocycles. The fraction of sp³-hybridized carbons (Fsp3) is 0.571. The van der Waals surface area contributed by atoms with Crippen LogP contribution in [0, 0.1) is 0 Å². The highest BCUT2D eigenvalue weighted by molar-refractivity contribution is 5.21. The molecular weight excluding hydrogens is 182 g/mol. The highest BCUT2D eigenvalue weighted by Crippen LogP contribution is 2.04. The van der Waals surface area contributed by atoms with Gasteiger partial charge in [0.15, 0.2) is 0 Å². The summed E-state index contributed by atoms with van der Waals surface area (Å²) < 4.78 is 0. The molecule has 0 heterocycles. The Morgan fingerprint density at radius 1 is 1.20 bits per heavy atom. The van der Waals surface area contributed by atoms with E-state index in [0.717, 1.165) is 17.8 Å². The van der Waals surface area contributed by atoms with Gasteiger partial charge in [0, 0.05) is 19.3 Å². The minimum absolute atomic E-state index is 1.05. The van der Waals surface area contributed by atoms with Gasteiger partial charge in [0.1, 0.15) is 0 Å². The molecule has 15 heavy (non-hydrogen) atoms. The van der Waals surface area contributed by atoms with Crippen molar-refractivity contribution in [2.24, 2.45) is 0 Å². The summed E-state index contributed by atoms with van der Waals surface area (Å²) >= 11 is 0. The lowest BCUT2D eigenvalue weighted by Crippen LogP contribution is -2.16. The van der Waals surface area contributed by atoms with Crippen molar-refractivity contribution in [3.8, 4) is 0 Å². The molecule has 0 N–H and O–H groups in total. The van der Waals surface area contributed by atoms with E-state index in [1.165, 1.54) is 12.8 Å². The first-order valence-electron chi connectivity index (χ1n) is 5.81. The lowest BCUT2D eigenvalue weighted by atomic mass is 10.2. The zero-order chi connectivity index (χ0) is 12.3. The summed E-state index contributed by atoms with van der Waals surface area (Å²) in [4.78, 5) is 2.17. The van der Waals surface area contributed by atoms with Gasteiger partial charge >= 0.3 is 0 Å². The number of hydrogen-bond acceptors (Lipinski definition) is 1. The molecule has 0 atom stereocenters. The molecule has 0 bridgehead atoms. The molecule has 0 amide bonds. The Hall–Kier alpha value is -0.980. The summed E-state index contributed by atoms with van der Waals surface area (Å²) in [6.07, 6.45) is 6.45. The number of allylic oxidation sites excluding steroid dienone is 3. The third kappa shape index (κ3) is 10.9. The van der Waals surface area contributed by atoms with Crippen molar-refractivity contribution in [2.75, 3.05) is 13.6 Å². The van der Waals surface area contributed by atoms with E-state index in [1.807, 2.05) is 32.9 Å². The van der Waals surface area contributed by atoms with Crippen molar-refractivity contribution in [3.63, 3.8) is 0 Å². The molecule has 0 rings (SSSR count). The van der Waals surface area contributed by atoms with Crippen molar-refractivity contribution < 1.29 is 0 Å². The first kappa shape index (κ1) is 16.4. The Morgan fingerprint density at radius 2 is 1.73 bits per heavy atom. The van der Waals surface area contributed by atoms with Gasteiger partial charge in [-0.2, -0.15) is 0 Å². The molecule has 1 heteroatoms. The highest BCUT2D eigenvalue weighted by atomic mass is 15.1. The molecule has 0 aliphatic heterocycles. The quantitative estimate of drug-likeness (QED) is 0.586. The van der Waals surface area contributed by atoms with Crippen LogP contribution in [0.2, 0.25) is 0 Å². The second-order valence-electron chi connectivity index (χ2n) is 3.45. The lowest BCUT2D eigenvalue weighted by Gasteiger charge is -2.18. The number of hydrogen-bond donors (Lipinski definition) is 0. The largest absolute Gasteiger partial charge is 0.375 e. The van der Waals surface area contributed by atoms with Crippen molar-refractivity contribution >= 4 is 0 Å². The molecule has 0 saturated heterocycles. The van der Waals surface area contributed by atoms with Gasteiger partial charge in [-0.1, -0.05) is 52.0 Å². The third-order valence-electron chi connectivity index (χ3n) is 1.90. The van der Waals surface area contributed by atoms with Crippen LogP contribution < -0.4 is 0 Å². The molecule has 0 aromatic carbocycles. The van der Waals surface area contributed by atoms with E-state index in [1.54, 1.807) is 0 Å². The van der Waals surface area contributed by atoms with Crippen LogP contribution in [0.3, 0.4) is 0 Å². The second kappa shape index (κ2) is 11.1. The topological polar surface area (TPSA) is 3.24 Å². The van der Waals surface area contributed by atoms with E-state index in [4.69, 9.17) is 0 Å². The monoisotopic (exact) mass is 209 g/mol. The second-order valence-corrected chi connectivity index (χ2v) is 3.45. The molecule has 0 spiro atoms. The summed E-state index contributed by atoms with van der Waals surface area (Å²) in [5.74, 6) is 0. The van der Waals surface area contributed by atoms with Crippen molar-refractivity contribution in [1.82, 2.24) is 4.90 Å². The fourth-order valence-electron chi connectivity index (χ4n) is 0.905. The maximum atomic E-state index is 3.98. The fourth-order valence-corrected chi connectivity index (χ4v) is 0.905. The average molecular weight is 209 g/mol. The minimum atomic E-state index is 1.05. The lowest BCUT2D eigenvalue weighted by molar-refractivity contribution is 0.419. The van der Waals surface area contributed by atoms with Crippen LogP contribution in [-0.2, 0) is 0 Å². The molecular formula is C14H27N. The van der Waals surface area contributed by atoms with Gasteiger partial charge in [0.2, 0.25) is 0 Å². The van der Waals surface area contributed by atoms with Gasteiger partial charge in [-0.25, -0.2) is 0 Å². The van der Waals surface area contributed by atoms with Gasteiger partial charge in [-0.05, 0) is 19.4 Å². The normalized spacial score (nSPS) is 9.40.